The summed E-state index contributed by atoms with van der Waals surface area (Å²) in [5, 5.41) is 3.07. The maximum Gasteiger partial charge on any atom is 0.146 e. The van der Waals surface area contributed by atoms with Crippen molar-refractivity contribution in [1.29, 1.82) is 0 Å². The molecule has 1 N–H and O–H groups in total. The first-order valence-electron chi connectivity index (χ1n) is 6.39. The zero-order valence-corrected chi connectivity index (χ0v) is 10.4. The highest BCUT2D eigenvalue weighted by molar-refractivity contribution is 5.47. The fraction of sp³-hybridized carbons (Fsp3) is 0.267. The van der Waals surface area contributed by atoms with Gasteiger partial charge >= 0.3 is 0 Å². The van der Waals surface area contributed by atoms with Gasteiger partial charge in [0.15, 0.2) is 0 Å². The second-order valence-electron chi connectivity index (χ2n) is 4.76. The summed E-state index contributed by atoms with van der Waals surface area (Å²) in [6, 6.07) is 7.34. The van der Waals surface area contributed by atoms with Crippen LogP contribution in [-0.4, -0.2) is 4.98 Å². The number of benzene rings is 1. The van der Waals surface area contributed by atoms with E-state index in [2.05, 4.69) is 10.3 Å². The Morgan fingerprint density at radius 3 is 3.00 bits per heavy atom. The van der Waals surface area contributed by atoms with Crippen LogP contribution in [-0.2, 0) is 6.42 Å². The van der Waals surface area contributed by atoms with Crippen molar-refractivity contribution in [2.45, 2.75) is 25.3 Å². The van der Waals surface area contributed by atoms with Crippen molar-refractivity contribution in [2.75, 3.05) is 5.32 Å². The number of aryl methyl sites for hydroxylation is 1. The van der Waals surface area contributed by atoms with Gasteiger partial charge in [0.1, 0.15) is 11.6 Å². The zero-order valence-electron chi connectivity index (χ0n) is 10.4. The molecule has 2 aromatic rings. The van der Waals surface area contributed by atoms with Crippen molar-refractivity contribution < 1.29 is 8.78 Å². The summed E-state index contributed by atoms with van der Waals surface area (Å²) < 4.78 is 26.8. The van der Waals surface area contributed by atoms with Gasteiger partial charge in [0.2, 0.25) is 0 Å². The van der Waals surface area contributed by atoms with Crippen molar-refractivity contribution in [3.8, 4) is 0 Å². The molecular formula is C15H14F2N2. The standard InChI is InChI=1S/C15H14F2N2/c16-11-6-7-12(17)14(9-11)19-13-5-1-3-10-4-2-8-18-15(10)13/h2,4,6-9,13,19H,1,3,5H2. The summed E-state index contributed by atoms with van der Waals surface area (Å²) in [6.45, 7) is 0. The van der Waals surface area contributed by atoms with Gasteiger partial charge in [-0.25, -0.2) is 8.78 Å². The van der Waals surface area contributed by atoms with Crippen molar-refractivity contribution in [3.63, 3.8) is 0 Å². The van der Waals surface area contributed by atoms with E-state index in [1.54, 1.807) is 6.20 Å². The Balaban J connectivity index is 1.90. The van der Waals surface area contributed by atoms with Crippen LogP contribution in [0.4, 0.5) is 14.5 Å². The normalized spacial score (nSPS) is 17.9. The number of nitrogens with zero attached hydrogens (tertiary/aromatic N) is 1. The summed E-state index contributed by atoms with van der Waals surface area (Å²) >= 11 is 0. The fourth-order valence-electron chi connectivity index (χ4n) is 2.55. The number of hydrogen-bond acceptors (Lipinski definition) is 2. The molecule has 4 heteroatoms. The average Bonchev–Trinajstić information content (AvgIpc) is 2.43. The van der Waals surface area contributed by atoms with Gasteiger partial charge in [0.05, 0.1) is 17.4 Å². The fourth-order valence-corrected chi connectivity index (χ4v) is 2.55. The van der Waals surface area contributed by atoms with E-state index in [0.29, 0.717) is 0 Å². The monoisotopic (exact) mass is 260 g/mol. The highest BCUT2D eigenvalue weighted by Gasteiger charge is 2.22. The van der Waals surface area contributed by atoms with Crippen LogP contribution in [0.2, 0.25) is 0 Å². The molecule has 98 valence electrons. The Morgan fingerprint density at radius 1 is 1.21 bits per heavy atom. The molecule has 0 spiro atoms. The number of rotatable bonds is 2. The van der Waals surface area contributed by atoms with Gasteiger partial charge in [-0.1, -0.05) is 6.07 Å². The van der Waals surface area contributed by atoms with Gasteiger partial charge in [0, 0.05) is 6.20 Å². The number of halogens is 2. The SMILES string of the molecule is Fc1ccc(F)c(NC2CCCc3cccnc32)c1. The largest absolute Gasteiger partial charge is 0.374 e. The third-order valence-corrected chi connectivity index (χ3v) is 3.45. The molecule has 1 atom stereocenters. The Hall–Kier alpha value is -1.97. The van der Waals surface area contributed by atoms with Crippen LogP contribution in [0.15, 0.2) is 36.5 Å². The van der Waals surface area contributed by atoms with Crippen molar-refractivity contribution >= 4 is 5.69 Å². The van der Waals surface area contributed by atoms with Gasteiger partial charge < -0.3 is 5.32 Å². The molecular weight excluding hydrogens is 246 g/mol. The maximum absolute atomic E-state index is 13.7. The van der Waals surface area contributed by atoms with Crippen LogP contribution in [0, 0.1) is 11.6 Å². The lowest BCUT2D eigenvalue weighted by Gasteiger charge is -2.26. The van der Waals surface area contributed by atoms with E-state index in [0.717, 1.165) is 37.1 Å². The minimum atomic E-state index is -0.444. The molecule has 1 aromatic carbocycles. The van der Waals surface area contributed by atoms with Gasteiger partial charge in [-0.2, -0.15) is 0 Å². The molecule has 1 aliphatic rings. The Morgan fingerprint density at radius 2 is 2.11 bits per heavy atom. The molecule has 1 aromatic heterocycles. The number of hydrogen-bond donors (Lipinski definition) is 1. The Bertz CT molecular complexity index is 598. The molecule has 19 heavy (non-hydrogen) atoms. The first-order chi connectivity index (χ1) is 9.24. The zero-order chi connectivity index (χ0) is 13.2. The van der Waals surface area contributed by atoms with Crippen LogP contribution in [0.25, 0.3) is 0 Å². The first-order valence-corrected chi connectivity index (χ1v) is 6.39. The molecule has 1 aliphatic carbocycles. The molecule has 0 saturated carbocycles. The number of anilines is 1. The molecule has 0 radical (unpaired) electrons. The average molecular weight is 260 g/mol. The van der Waals surface area contributed by atoms with Crippen LogP contribution in [0.1, 0.15) is 30.1 Å². The first kappa shape index (κ1) is 12.1. The van der Waals surface area contributed by atoms with Crippen LogP contribution in [0.3, 0.4) is 0 Å². The molecule has 1 unspecified atom stereocenters. The summed E-state index contributed by atoms with van der Waals surface area (Å²) in [6.07, 6.45) is 4.63. The number of nitrogens with one attached hydrogen (secondary N) is 1. The third kappa shape index (κ3) is 2.43. The number of fused-ring (bicyclic) bond motifs is 1. The smallest absolute Gasteiger partial charge is 0.146 e. The second kappa shape index (κ2) is 4.96. The lowest BCUT2D eigenvalue weighted by molar-refractivity contribution is 0.568. The second-order valence-corrected chi connectivity index (χ2v) is 4.76. The minimum absolute atomic E-state index is 0.0544. The summed E-state index contributed by atoms with van der Waals surface area (Å²) in [4.78, 5) is 4.37. The number of aromatic nitrogens is 1. The van der Waals surface area contributed by atoms with Crippen LogP contribution < -0.4 is 5.32 Å². The van der Waals surface area contributed by atoms with Crippen LogP contribution in [0.5, 0.6) is 0 Å². The van der Waals surface area contributed by atoms with Gasteiger partial charge in [0.25, 0.3) is 0 Å². The van der Waals surface area contributed by atoms with Crippen molar-refractivity contribution in [2.24, 2.45) is 0 Å². The van der Waals surface area contributed by atoms with E-state index in [1.165, 1.54) is 11.6 Å². The van der Waals surface area contributed by atoms with Crippen LogP contribution >= 0.6 is 0 Å². The van der Waals surface area contributed by atoms with E-state index < -0.39 is 11.6 Å². The van der Waals surface area contributed by atoms with Gasteiger partial charge in [-0.15, -0.1) is 0 Å². The Labute approximate surface area is 110 Å². The molecule has 2 nitrogen and oxygen atoms in total. The molecule has 0 fully saturated rings. The topological polar surface area (TPSA) is 24.9 Å². The summed E-state index contributed by atoms with van der Waals surface area (Å²) in [5.74, 6) is -0.884. The van der Waals surface area contributed by atoms with Gasteiger partial charge in [-0.05, 0) is 49.1 Å². The third-order valence-electron chi connectivity index (χ3n) is 3.45. The van der Waals surface area contributed by atoms with E-state index in [1.807, 2.05) is 12.1 Å². The van der Waals surface area contributed by atoms with Crippen molar-refractivity contribution in [3.05, 3.63) is 59.4 Å². The molecule has 1 heterocycles. The maximum atomic E-state index is 13.7. The van der Waals surface area contributed by atoms with Gasteiger partial charge in [-0.3, -0.25) is 4.98 Å². The molecule has 0 aliphatic heterocycles. The minimum Gasteiger partial charge on any atom is -0.374 e. The lowest BCUT2D eigenvalue weighted by atomic mass is 9.92. The predicted molar refractivity (Wildman–Crippen MR) is 69.9 cm³/mol. The lowest BCUT2D eigenvalue weighted by Crippen LogP contribution is -2.19. The van der Waals surface area contributed by atoms with E-state index >= 15 is 0 Å². The summed E-state index contributed by atoms with van der Waals surface area (Å²) in [7, 11) is 0. The molecule has 0 amide bonds. The highest BCUT2D eigenvalue weighted by Crippen LogP contribution is 2.31. The van der Waals surface area contributed by atoms with E-state index in [4.69, 9.17) is 0 Å². The quantitative estimate of drug-likeness (QED) is 0.887. The Kier molecular flexibility index (Phi) is 3.15. The van der Waals surface area contributed by atoms with E-state index in [-0.39, 0.29) is 11.7 Å². The molecule has 0 bridgehead atoms. The van der Waals surface area contributed by atoms with Crippen molar-refractivity contribution in [1.82, 2.24) is 4.98 Å². The highest BCUT2D eigenvalue weighted by atomic mass is 19.1. The van der Waals surface area contributed by atoms with E-state index in [9.17, 15) is 8.78 Å². The predicted octanol–water partition coefficient (Wildman–Crippen LogP) is 3.85. The molecule has 3 rings (SSSR count). The summed E-state index contributed by atoms with van der Waals surface area (Å²) in [5.41, 5.74) is 2.32. The molecule has 0 saturated heterocycles. The number of pyridine rings is 1.